The molecule has 3 aromatic rings. The summed E-state index contributed by atoms with van der Waals surface area (Å²) in [6.07, 6.45) is 1.41. The highest BCUT2D eigenvalue weighted by atomic mass is 32.1. The van der Waals surface area contributed by atoms with Gasteiger partial charge in [0.15, 0.2) is 5.13 Å². The number of hydrogen-bond acceptors (Lipinski definition) is 10. The van der Waals surface area contributed by atoms with Gasteiger partial charge in [0.05, 0.1) is 29.3 Å². The molecule has 39 heavy (non-hydrogen) atoms. The summed E-state index contributed by atoms with van der Waals surface area (Å²) in [6.45, 7) is 6.74. The monoisotopic (exact) mass is 549 g/mol. The minimum atomic E-state index is -1.19. The lowest BCUT2D eigenvalue weighted by Gasteiger charge is -2.23. The number of ketones is 1. The van der Waals surface area contributed by atoms with Gasteiger partial charge in [-0.3, -0.25) is 24.6 Å². The molecule has 1 aliphatic heterocycles. The maximum Gasteiger partial charge on any atom is 0.350 e. The van der Waals surface area contributed by atoms with Crippen LogP contribution in [-0.4, -0.2) is 46.4 Å². The molecule has 1 fully saturated rings. The highest BCUT2D eigenvalue weighted by Crippen LogP contribution is 2.44. The SMILES string of the molecule is C=CCOC(=O)c1sc(N2C(=O)C(=O)/C(=C(/O)c3ccc(OC)cc3C)[C@H]2c2ccc([N+](=O)[O-])cc2)nc1C. The van der Waals surface area contributed by atoms with E-state index in [9.17, 15) is 29.6 Å². The van der Waals surface area contributed by atoms with E-state index in [0.29, 0.717) is 22.4 Å². The number of Topliss-reactive ketones (excluding diaryl/α,β-unsaturated/α-hetero) is 1. The molecule has 1 N–H and O–H groups in total. The van der Waals surface area contributed by atoms with Gasteiger partial charge in [-0.1, -0.05) is 24.0 Å². The van der Waals surface area contributed by atoms with E-state index < -0.39 is 34.4 Å². The summed E-state index contributed by atoms with van der Waals surface area (Å²) < 4.78 is 10.3. The van der Waals surface area contributed by atoms with Crippen molar-refractivity contribution in [2.75, 3.05) is 18.6 Å². The second-order valence-electron chi connectivity index (χ2n) is 8.50. The fraction of sp³-hybridized carbons (Fsp3) is 0.185. The Kier molecular flexibility index (Phi) is 7.58. The number of thiazole rings is 1. The normalized spacial score (nSPS) is 16.3. The maximum absolute atomic E-state index is 13.4. The first-order chi connectivity index (χ1) is 18.6. The number of methoxy groups -OCH3 is 1. The van der Waals surface area contributed by atoms with Gasteiger partial charge in [-0.2, -0.15) is 0 Å². The van der Waals surface area contributed by atoms with Crippen LogP contribution in [0.1, 0.15) is 38.1 Å². The summed E-state index contributed by atoms with van der Waals surface area (Å²) in [7, 11) is 1.49. The molecule has 11 nitrogen and oxygen atoms in total. The van der Waals surface area contributed by atoms with Gasteiger partial charge in [0, 0.05) is 17.7 Å². The topological polar surface area (TPSA) is 149 Å². The molecule has 4 rings (SSSR count). The number of anilines is 1. The van der Waals surface area contributed by atoms with E-state index in [-0.39, 0.29) is 33.6 Å². The van der Waals surface area contributed by atoms with Gasteiger partial charge in [0.2, 0.25) is 0 Å². The van der Waals surface area contributed by atoms with Crippen molar-refractivity contribution in [2.45, 2.75) is 19.9 Å². The number of aromatic nitrogens is 1. The number of carbonyl (C=O) groups excluding carboxylic acids is 3. The van der Waals surface area contributed by atoms with E-state index in [2.05, 4.69) is 11.6 Å². The minimum Gasteiger partial charge on any atom is -0.507 e. The maximum atomic E-state index is 13.4. The smallest absolute Gasteiger partial charge is 0.350 e. The lowest BCUT2D eigenvalue weighted by molar-refractivity contribution is -0.384. The molecule has 200 valence electrons. The van der Waals surface area contributed by atoms with Crippen molar-refractivity contribution < 1.29 is 33.9 Å². The minimum absolute atomic E-state index is 0.0222. The van der Waals surface area contributed by atoms with Crippen molar-refractivity contribution in [2.24, 2.45) is 0 Å². The first-order valence-electron chi connectivity index (χ1n) is 11.5. The Labute approximate surface area is 226 Å². The average molecular weight is 550 g/mol. The number of carbonyl (C=O) groups is 3. The summed E-state index contributed by atoms with van der Waals surface area (Å²) in [4.78, 5) is 55.5. The molecule has 12 heteroatoms. The van der Waals surface area contributed by atoms with Gasteiger partial charge in [-0.05, 0) is 55.3 Å². The predicted octanol–water partition coefficient (Wildman–Crippen LogP) is 4.65. The van der Waals surface area contributed by atoms with Crippen LogP contribution in [0.5, 0.6) is 5.75 Å². The highest BCUT2D eigenvalue weighted by molar-refractivity contribution is 7.17. The Balaban J connectivity index is 1.91. The molecule has 2 aromatic carbocycles. The zero-order valence-corrected chi connectivity index (χ0v) is 22.0. The number of nitro groups is 1. The summed E-state index contributed by atoms with van der Waals surface area (Å²) >= 11 is 0.849. The van der Waals surface area contributed by atoms with Crippen LogP contribution < -0.4 is 9.64 Å². The zero-order valence-electron chi connectivity index (χ0n) is 21.2. The summed E-state index contributed by atoms with van der Waals surface area (Å²) in [6, 6.07) is 8.91. The van der Waals surface area contributed by atoms with E-state index in [0.717, 1.165) is 16.2 Å². The number of benzene rings is 2. The van der Waals surface area contributed by atoms with E-state index >= 15 is 0 Å². The third-order valence-electron chi connectivity index (χ3n) is 6.06. The van der Waals surface area contributed by atoms with Crippen LogP contribution in [-0.2, 0) is 14.3 Å². The molecule has 0 unspecified atom stereocenters. The predicted molar refractivity (Wildman–Crippen MR) is 143 cm³/mol. The Bertz CT molecular complexity index is 1540. The largest absolute Gasteiger partial charge is 0.507 e. The quantitative estimate of drug-likeness (QED) is 0.0806. The third kappa shape index (κ3) is 5.01. The number of amides is 1. The molecular weight excluding hydrogens is 526 g/mol. The Hall–Kier alpha value is -4.84. The molecular formula is C27H23N3O8S. The molecule has 1 atom stereocenters. The van der Waals surface area contributed by atoms with Crippen LogP contribution in [0.4, 0.5) is 10.8 Å². The number of aliphatic hydroxyl groups excluding tert-OH is 1. The number of aryl methyl sites for hydroxylation is 2. The molecule has 0 radical (unpaired) electrons. The number of hydrogen-bond donors (Lipinski definition) is 1. The van der Waals surface area contributed by atoms with E-state index in [1.807, 2.05) is 0 Å². The number of ether oxygens (including phenoxy) is 2. The van der Waals surface area contributed by atoms with Gasteiger partial charge in [0.1, 0.15) is 23.0 Å². The van der Waals surface area contributed by atoms with Gasteiger partial charge < -0.3 is 14.6 Å². The molecule has 1 amide bonds. The average Bonchev–Trinajstić information content (AvgIpc) is 3.43. The molecule has 0 bridgehead atoms. The van der Waals surface area contributed by atoms with E-state index in [1.54, 1.807) is 32.0 Å². The van der Waals surface area contributed by atoms with E-state index in [4.69, 9.17) is 9.47 Å². The van der Waals surface area contributed by atoms with E-state index in [1.165, 1.54) is 37.5 Å². The number of aliphatic hydroxyl groups is 1. The summed E-state index contributed by atoms with van der Waals surface area (Å²) in [5.41, 5.74) is 1.04. The van der Waals surface area contributed by atoms with Crippen molar-refractivity contribution in [3.05, 3.63) is 98.1 Å². The molecule has 0 aliphatic carbocycles. The van der Waals surface area contributed by atoms with Crippen LogP contribution in [0.25, 0.3) is 5.76 Å². The number of nitrogens with zero attached hydrogens (tertiary/aromatic N) is 3. The molecule has 0 saturated carbocycles. The third-order valence-corrected chi connectivity index (χ3v) is 7.20. The summed E-state index contributed by atoms with van der Waals surface area (Å²) in [5.74, 6) is -2.53. The fourth-order valence-electron chi connectivity index (χ4n) is 4.17. The van der Waals surface area contributed by atoms with Crippen LogP contribution in [0.2, 0.25) is 0 Å². The lowest BCUT2D eigenvalue weighted by Crippen LogP contribution is -2.29. The molecule has 2 heterocycles. The van der Waals surface area contributed by atoms with Crippen molar-refractivity contribution in [3.8, 4) is 5.75 Å². The van der Waals surface area contributed by atoms with Gasteiger partial charge >= 0.3 is 11.9 Å². The van der Waals surface area contributed by atoms with Crippen molar-refractivity contribution in [1.29, 1.82) is 0 Å². The van der Waals surface area contributed by atoms with Crippen LogP contribution in [0, 0.1) is 24.0 Å². The van der Waals surface area contributed by atoms with Gasteiger partial charge in [0.25, 0.3) is 11.5 Å². The standard InChI is InChI=1S/C27H23N3O8S/c1-5-12-38-26(34)24-15(3)28-27(39-24)29-21(16-6-8-17(9-7-16)30(35)36)20(23(32)25(29)33)22(31)19-11-10-18(37-4)13-14(19)2/h5-11,13,21,31H,1,12H2,2-4H3/b22-20+/t21-/m1/s1. The molecule has 1 saturated heterocycles. The van der Waals surface area contributed by atoms with Crippen molar-refractivity contribution >= 4 is 45.6 Å². The number of esters is 1. The number of nitro benzene ring substituents is 1. The van der Waals surface area contributed by atoms with Crippen LogP contribution in [0.15, 0.2) is 60.7 Å². The highest BCUT2D eigenvalue weighted by Gasteiger charge is 2.48. The van der Waals surface area contributed by atoms with Gasteiger partial charge in [-0.15, -0.1) is 0 Å². The Morgan fingerprint density at radius 1 is 1.23 bits per heavy atom. The fourth-order valence-corrected chi connectivity index (χ4v) is 5.16. The van der Waals surface area contributed by atoms with Crippen molar-refractivity contribution in [3.63, 3.8) is 0 Å². The second kappa shape index (κ2) is 10.9. The zero-order chi connectivity index (χ0) is 28.4. The molecule has 1 aliphatic rings. The summed E-state index contributed by atoms with van der Waals surface area (Å²) in [5, 5.41) is 22.6. The number of rotatable bonds is 8. The molecule has 1 aromatic heterocycles. The van der Waals surface area contributed by atoms with Crippen LogP contribution >= 0.6 is 11.3 Å². The van der Waals surface area contributed by atoms with Crippen molar-refractivity contribution in [1.82, 2.24) is 4.98 Å². The Morgan fingerprint density at radius 2 is 1.92 bits per heavy atom. The van der Waals surface area contributed by atoms with Crippen LogP contribution in [0.3, 0.4) is 0 Å². The second-order valence-corrected chi connectivity index (χ2v) is 9.47. The number of non-ortho nitro benzene ring substituents is 1. The molecule has 0 spiro atoms. The first kappa shape index (κ1) is 27.2. The first-order valence-corrected chi connectivity index (χ1v) is 12.4. The lowest BCUT2D eigenvalue weighted by atomic mass is 9.94. The Morgan fingerprint density at radius 3 is 2.51 bits per heavy atom. The van der Waals surface area contributed by atoms with Gasteiger partial charge in [-0.25, -0.2) is 9.78 Å².